The summed E-state index contributed by atoms with van der Waals surface area (Å²) in [5.74, 6) is -1.19. The number of rotatable bonds is 8. The van der Waals surface area contributed by atoms with Gasteiger partial charge in [0, 0.05) is 84.6 Å². The molecule has 10 heterocycles. The van der Waals surface area contributed by atoms with E-state index in [-0.39, 0.29) is 12.2 Å². The lowest BCUT2D eigenvalue weighted by Crippen LogP contribution is -2.52. The van der Waals surface area contributed by atoms with Crippen molar-refractivity contribution in [2.24, 2.45) is 11.8 Å². The van der Waals surface area contributed by atoms with Crippen molar-refractivity contribution in [2.75, 3.05) is 39.3 Å². The molecule has 0 amide bonds. The summed E-state index contributed by atoms with van der Waals surface area (Å²) < 4.78 is 12.1. The molecule has 288 valence electrons. The molecule has 0 saturated carbocycles. The zero-order valence-electron chi connectivity index (χ0n) is 30.8. The third-order valence-electron chi connectivity index (χ3n) is 11.1. The van der Waals surface area contributed by atoms with Crippen LogP contribution in [0.25, 0.3) is 44.1 Å². The van der Waals surface area contributed by atoms with Crippen molar-refractivity contribution < 1.29 is 29.3 Å². The Morgan fingerprint density at radius 1 is 0.589 bits per heavy atom. The second-order valence-corrected chi connectivity index (χ2v) is 14.7. The van der Waals surface area contributed by atoms with Gasteiger partial charge < -0.3 is 29.7 Å². The molecule has 0 unspecified atom stereocenters. The summed E-state index contributed by atoms with van der Waals surface area (Å²) in [5.41, 5.74) is 6.55. The van der Waals surface area contributed by atoms with Gasteiger partial charge in [0.15, 0.2) is 0 Å². The van der Waals surface area contributed by atoms with Gasteiger partial charge in [-0.05, 0) is 122 Å². The molecule has 0 spiro atoms. The van der Waals surface area contributed by atoms with Gasteiger partial charge in [0.2, 0.25) is 0 Å². The van der Waals surface area contributed by atoms with Crippen molar-refractivity contribution in [1.82, 2.24) is 39.7 Å². The molecule has 2 atom stereocenters. The third-order valence-corrected chi connectivity index (χ3v) is 11.1. The minimum Gasteiger partial charge on any atom is -0.478 e. The van der Waals surface area contributed by atoms with Crippen LogP contribution in [0, 0.1) is 11.8 Å². The Morgan fingerprint density at radius 3 is 1.32 bits per heavy atom. The second kappa shape index (κ2) is 16.7. The number of nitrogens with zero attached hydrogens (tertiary/aromatic N) is 6. The van der Waals surface area contributed by atoms with Crippen LogP contribution in [0.1, 0.15) is 25.7 Å². The third kappa shape index (κ3) is 8.88. The van der Waals surface area contributed by atoms with Crippen molar-refractivity contribution in [1.29, 1.82) is 0 Å². The standard InChI is InChI=1S/2C19H20N4O.C4H4O4/c2*1-2-17-15(3-6-20-17)9-14(1)16-10-21-19(22-11-16)24-18-12-23-7-4-13(18)5-8-23;5-3(6)1-2-4(7)8/h2*1-3,6,9-11,13,18,20H,4-5,7-8,12H2;1-2H,(H,5,6)(H,7,8)/b;;2-1+/t2*18-;/m11./s1. The van der Waals surface area contributed by atoms with Gasteiger partial charge in [-0.3, -0.25) is 9.80 Å². The number of ether oxygens (including phenoxy) is 2. The largest absolute Gasteiger partial charge is 0.478 e. The highest BCUT2D eigenvalue weighted by molar-refractivity contribution is 5.89. The van der Waals surface area contributed by atoms with Gasteiger partial charge >= 0.3 is 24.0 Å². The number of benzene rings is 2. The summed E-state index contributed by atoms with van der Waals surface area (Å²) in [6, 6.07) is 17.8. The van der Waals surface area contributed by atoms with Gasteiger partial charge in [-0.25, -0.2) is 29.5 Å². The van der Waals surface area contributed by atoms with Gasteiger partial charge in [0.05, 0.1) is 0 Å². The van der Waals surface area contributed by atoms with Crippen LogP contribution in [-0.4, -0.2) is 113 Å². The molecule has 6 aliphatic rings. The SMILES string of the molecule is O=C(O)/C=C/C(=O)O.c1cc2cc(-c3cnc(O[C@@H]4CN5CCC4CC5)nc3)ccc2[nH]1.c1cc2cc(-c3cnc(O[C@@H]4CN5CCC4CC5)nc3)ccc2[nH]1. The summed E-state index contributed by atoms with van der Waals surface area (Å²) >= 11 is 0. The van der Waals surface area contributed by atoms with Crippen LogP contribution in [0.4, 0.5) is 0 Å². The summed E-state index contributed by atoms with van der Waals surface area (Å²) in [7, 11) is 0. The summed E-state index contributed by atoms with van der Waals surface area (Å²) in [6.07, 6.45) is 17.9. The van der Waals surface area contributed by atoms with Crippen molar-refractivity contribution in [3.8, 4) is 34.3 Å². The molecule has 2 aromatic carbocycles. The first-order chi connectivity index (χ1) is 27.3. The Morgan fingerprint density at radius 2 is 0.982 bits per heavy atom. The first-order valence-corrected chi connectivity index (χ1v) is 19.0. The van der Waals surface area contributed by atoms with Crippen molar-refractivity contribution in [3.05, 3.63) is 97.9 Å². The van der Waals surface area contributed by atoms with E-state index in [0.29, 0.717) is 36.0 Å². The van der Waals surface area contributed by atoms with E-state index < -0.39 is 11.9 Å². The smallest absolute Gasteiger partial charge is 0.328 e. The summed E-state index contributed by atoms with van der Waals surface area (Å²) in [6.45, 7) is 6.88. The Balaban J connectivity index is 0.000000133. The number of carboxylic acid groups (broad SMARTS) is 2. The number of fused-ring (bicyclic) bond motifs is 8. The monoisotopic (exact) mass is 756 g/mol. The van der Waals surface area contributed by atoms with E-state index in [4.69, 9.17) is 19.7 Å². The first kappa shape index (κ1) is 36.8. The summed E-state index contributed by atoms with van der Waals surface area (Å²) in [4.78, 5) is 48.2. The maximum Gasteiger partial charge on any atom is 0.328 e. The van der Waals surface area contributed by atoms with Crippen molar-refractivity contribution >= 4 is 33.7 Å². The zero-order chi connectivity index (χ0) is 38.4. The molecule has 56 heavy (non-hydrogen) atoms. The fourth-order valence-corrected chi connectivity index (χ4v) is 8.02. The lowest BCUT2D eigenvalue weighted by Gasteiger charge is -2.43. The normalized spacial score (nSPS) is 23.6. The van der Waals surface area contributed by atoms with E-state index in [1.165, 1.54) is 62.6 Å². The van der Waals surface area contributed by atoms with E-state index in [2.05, 4.69) is 88.2 Å². The van der Waals surface area contributed by atoms with E-state index in [9.17, 15) is 9.59 Å². The molecule has 6 aromatic rings. The molecule has 6 aliphatic heterocycles. The number of H-pyrrole nitrogens is 2. The second-order valence-electron chi connectivity index (χ2n) is 14.7. The molecule has 12 rings (SSSR count). The lowest BCUT2D eigenvalue weighted by molar-refractivity contribution is -0.134. The van der Waals surface area contributed by atoms with Gasteiger partial charge in [-0.2, -0.15) is 0 Å². The minimum atomic E-state index is -1.26. The average Bonchev–Trinajstić information content (AvgIpc) is 3.92. The Kier molecular flexibility index (Phi) is 11.0. The number of hydrogen-bond acceptors (Lipinski definition) is 10. The number of carbonyl (C=O) groups is 2. The molecule has 0 radical (unpaired) electrons. The predicted molar refractivity (Wildman–Crippen MR) is 210 cm³/mol. The fourth-order valence-electron chi connectivity index (χ4n) is 8.02. The van der Waals surface area contributed by atoms with E-state index >= 15 is 0 Å². The molecular weight excluding hydrogens is 713 g/mol. The van der Waals surface area contributed by atoms with Gasteiger partial charge in [-0.15, -0.1) is 0 Å². The highest BCUT2D eigenvalue weighted by atomic mass is 16.5. The highest BCUT2D eigenvalue weighted by Gasteiger charge is 2.37. The van der Waals surface area contributed by atoms with Gasteiger partial charge in [0.1, 0.15) is 12.2 Å². The average molecular weight is 757 g/mol. The number of aromatic amines is 2. The molecule has 6 fully saturated rings. The maximum atomic E-state index is 9.55. The molecule has 4 bridgehead atoms. The minimum absolute atomic E-state index is 0.245. The van der Waals surface area contributed by atoms with Crippen LogP contribution in [0.5, 0.6) is 12.0 Å². The molecule has 4 aromatic heterocycles. The first-order valence-electron chi connectivity index (χ1n) is 19.0. The van der Waals surface area contributed by atoms with Gasteiger partial charge in [0.25, 0.3) is 0 Å². The highest BCUT2D eigenvalue weighted by Crippen LogP contribution is 2.32. The number of piperidine rings is 6. The Bertz CT molecular complexity index is 2130. The maximum absolute atomic E-state index is 9.55. The lowest BCUT2D eigenvalue weighted by atomic mass is 9.86. The van der Waals surface area contributed by atoms with E-state index in [0.717, 1.165) is 46.4 Å². The molecule has 6 saturated heterocycles. The number of aliphatic carboxylic acids is 2. The van der Waals surface area contributed by atoms with Gasteiger partial charge in [-0.1, -0.05) is 12.1 Å². The Labute approximate surface area is 323 Å². The molecule has 14 nitrogen and oxygen atoms in total. The Hall–Kier alpha value is -6.12. The number of carboxylic acids is 2. The van der Waals surface area contributed by atoms with Crippen LogP contribution in [-0.2, 0) is 9.59 Å². The number of hydrogen-bond donors (Lipinski definition) is 4. The molecular formula is C42H44N8O6. The fraction of sp³-hybridized carbons (Fsp3) is 0.333. The predicted octanol–water partition coefficient (Wildman–Crippen LogP) is 5.91. The molecule has 14 heteroatoms. The van der Waals surface area contributed by atoms with Crippen molar-refractivity contribution in [2.45, 2.75) is 37.9 Å². The number of aromatic nitrogens is 6. The quantitative estimate of drug-likeness (QED) is 0.135. The van der Waals surface area contributed by atoms with Crippen LogP contribution in [0.15, 0.2) is 97.9 Å². The van der Waals surface area contributed by atoms with Crippen LogP contribution in [0.3, 0.4) is 0 Å². The van der Waals surface area contributed by atoms with E-state index in [1.54, 1.807) is 0 Å². The van der Waals surface area contributed by atoms with Crippen LogP contribution < -0.4 is 9.47 Å². The van der Waals surface area contributed by atoms with Crippen molar-refractivity contribution in [3.63, 3.8) is 0 Å². The topological polar surface area (TPSA) is 183 Å². The molecule has 0 aliphatic carbocycles. The van der Waals surface area contributed by atoms with Crippen LogP contribution >= 0.6 is 0 Å². The summed E-state index contributed by atoms with van der Waals surface area (Å²) in [5, 5.41) is 18.0. The number of nitrogens with one attached hydrogen (secondary N) is 2. The van der Waals surface area contributed by atoms with Crippen LogP contribution in [0.2, 0.25) is 0 Å². The zero-order valence-corrected chi connectivity index (χ0v) is 30.8. The van der Waals surface area contributed by atoms with E-state index in [1.807, 2.05) is 37.2 Å². The molecule has 4 N–H and O–H groups in total.